The first-order valence-corrected chi connectivity index (χ1v) is 7.66. The largest absolute Gasteiger partial charge is 0.483 e. The standard InChI is InChI=1S/C17H24N2O3/c1-11-8-12(2)13(3)15(9-11)22-10-16(20)19-6-4-14(5-7-19)17(18)21/h8-9,14H,4-7,10H2,1-3H3,(H2,18,21). The van der Waals surface area contributed by atoms with Gasteiger partial charge in [0.2, 0.25) is 5.91 Å². The van der Waals surface area contributed by atoms with Gasteiger partial charge in [0.05, 0.1) is 0 Å². The number of piperidine rings is 1. The fourth-order valence-corrected chi connectivity index (χ4v) is 2.79. The maximum Gasteiger partial charge on any atom is 0.260 e. The molecule has 1 heterocycles. The summed E-state index contributed by atoms with van der Waals surface area (Å²) in [7, 11) is 0. The number of primary amides is 1. The fraction of sp³-hybridized carbons (Fsp3) is 0.529. The van der Waals surface area contributed by atoms with E-state index in [1.54, 1.807) is 4.90 Å². The minimum Gasteiger partial charge on any atom is -0.483 e. The van der Waals surface area contributed by atoms with Gasteiger partial charge in [-0.1, -0.05) is 6.07 Å². The first kappa shape index (κ1) is 16.3. The van der Waals surface area contributed by atoms with E-state index >= 15 is 0 Å². The number of carbonyl (C=O) groups excluding carboxylic acids is 2. The number of likely N-dealkylation sites (tertiary alicyclic amines) is 1. The number of nitrogens with two attached hydrogens (primary N) is 1. The Morgan fingerprint density at radius 3 is 2.45 bits per heavy atom. The minimum atomic E-state index is -0.269. The monoisotopic (exact) mass is 304 g/mol. The van der Waals surface area contributed by atoms with Crippen LogP contribution in [0.1, 0.15) is 29.5 Å². The van der Waals surface area contributed by atoms with Crippen molar-refractivity contribution in [2.75, 3.05) is 19.7 Å². The number of ether oxygens (including phenoxy) is 1. The summed E-state index contributed by atoms with van der Waals surface area (Å²) in [6, 6.07) is 4.05. The SMILES string of the molecule is Cc1cc(C)c(C)c(OCC(=O)N2CCC(C(N)=O)CC2)c1. The molecule has 5 heteroatoms. The molecule has 120 valence electrons. The average molecular weight is 304 g/mol. The molecule has 5 nitrogen and oxygen atoms in total. The summed E-state index contributed by atoms with van der Waals surface area (Å²) in [4.78, 5) is 25.1. The van der Waals surface area contributed by atoms with Gasteiger partial charge in [0.25, 0.3) is 5.91 Å². The highest BCUT2D eigenvalue weighted by molar-refractivity contribution is 5.79. The molecular weight excluding hydrogens is 280 g/mol. The topological polar surface area (TPSA) is 72.6 Å². The molecule has 0 saturated carbocycles. The van der Waals surface area contributed by atoms with E-state index in [1.165, 1.54) is 0 Å². The van der Waals surface area contributed by atoms with Gasteiger partial charge < -0.3 is 15.4 Å². The molecule has 2 amide bonds. The summed E-state index contributed by atoms with van der Waals surface area (Å²) in [5.74, 6) is 0.347. The van der Waals surface area contributed by atoms with E-state index in [0.29, 0.717) is 25.9 Å². The molecule has 0 atom stereocenters. The molecule has 22 heavy (non-hydrogen) atoms. The highest BCUT2D eigenvalue weighted by atomic mass is 16.5. The number of hydrogen-bond donors (Lipinski definition) is 1. The first-order valence-electron chi connectivity index (χ1n) is 7.66. The van der Waals surface area contributed by atoms with Crippen LogP contribution >= 0.6 is 0 Å². The van der Waals surface area contributed by atoms with E-state index < -0.39 is 0 Å². The number of aryl methyl sites for hydroxylation is 2. The van der Waals surface area contributed by atoms with Gasteiger partial charge in [0.15, 0.2) is 6.61 Å². The van der Waals surface area contributed by atoms with Gasteiger partial charge in [-0.3, -0.25) is 9.59 Å². The Kier molecular flexibility index (Phi) is 5.06. The number of benzene rings is 1. The van der Waals surface area contributed by atoms with Crippen LogP contribution in [0, 0.1) is 26.7 Å². The Balaban J connectivity index is 1.90. The molecule has 0 unspecified atom stereocenters. The second-order valence-corrected chi connectivity index (χ2v) is 6.05. The van der Waals surface area contributed by atoms with Gasteiger partial charge >= 0.3 is 0 Å². The Hall–Kier alpha value is -2.04. The lowest BCUT2D eigenvalue weighted by Gasteiger charge is -2.30. The normalized spacial score (nSPS) is 15.7. The zero-order valence-electron chi connectivity index (χ0n) is 13.5. The van der Waals surface area contributed by atoms with Crippen LogP contribution in [0.2, 0.25) is 0 Å². The minimum absolute atomic E-state index is 0.0327. The second-order valence-electron chi connectivity index (χ2n) is 6.05. The predicted molar refractivity (Wildman–Crippen MR) is 84.6 cm³/mol. The molecule has 1 saturated heterocycles. The maximum atomic E-state index is 12.2. The number of amides is 2. The van der Waals surface area contributed by atoms with Crippen molar-refractivity contribution in [2.45, 2.75) is 33.6 Å². The lowest BCUT2D eigenvalue weighted by molar-refractivity contribution is -0.136. The molecule has 1 aromatic rings. The molecular formula is C17H24N2O3. The van der Waals surface area contributed by atoms with Crippen LogP contribution in [0.15, 0.2) is 12.1 Å². The summed E-state index contributed by atoms with van der Waals surface area (Å²) < 4.78 is 5.70. The van der Waals surface area contributed by atoms with E-state index in [-0.39, 0.29) is 24.3 Å². The van der Waals surface area contributed by atoms with E-state index in [9.17, 15) is 9.59 Å². The van der Waals surface area contributed by atoms with Gasteiger partial charge in [0, 0.05) is 19.0 Å². The van der Waals surface area contributed by atoms with Crippen molar-refractivity contribution >= 4 is 11.8 Å². The van der Waals surface area contributed by atoms with Crippen molar-refractivity contribution in [3.63, 3.8) is 0 Å². The van der Waals surface area contributed by atoms with Gasteiger partial charge in [-0.15, -0.1) is 0 Å². The van der Waals surface area contributed by atoms with E-state index in [2.05, 4.69) is 6.07 Å². The molecule has 1 fully saturated rings. The van der Waals surface area contributed by atoms with E-state index in [0.717, 1.165) is 22.4 Å². The fourth-order valence-electron chi connectivity index (χ4n) is 2.79. The van der Waals surface area contributed by atoms with Gasteiger partial charge in [0.1, 0.15) is 5.75 Å². The molecule has 1 aliphatic heterocycles. The van der Waals surface area contributed by atoms with Crippen LogP contribution < -0.4 is 10.5 Å². The molecule has 0 aromatic heterocycles. The van der Waals surface area contributed by atoms with Gasteiger partial charge in [-0.25, -0.2) is 0 Å². The van der Waals surface area contributed by atoms with Crippen LogP contribution in [0.5, 0.6) is 5.75 Å². The zero-order chi connectivity index (χ0) is 16.3. The van der Waals surface area contributed by atoms with Crippen LogP contribution in [0.25, 0.3) is 0 Å². The number of hydrogen-bond acceptors (Lipinski definition) is 3. The van der Waals surface area contributed by atoms with Crippen LogP contribution in [-0.2, 0) is 9.59 Å². The molecule has 2 rings (SSSR count). The molecule has 0 spiro atoms. The van der Waals surface area contributed by atoms with Crippen molar-refractivity contribution in [3.05, 3.63) is 28.8 Å². The van der Waals surface area contributed by atoms with Crippen molar-refractivity contribution in [1.82, 2.24) is 4.90 Å². The highest BCUT2D eigenvalue weighted by Crippen LogP contribution is 2.23. The van der Waals surface area contributed by atoms with Crippen molar-refractivity contribution in [2.24, 2.45) is 11.7 Å². The molecule has 2 N–H and O–H groups in total. The molecule has 1 aromatic carbocycles. The Labute approximate surface area is 131 Å². The van der Waals surface area contributed by atoms with Crippen LogP contribution in [0.4, 0.5) is 0 Å². The number of carbonyl (C=O) groups is 2. The third-order valence-corrected chi connectivity index (χ3v) is 4.37. The summed E-state index contributed by atoms with van der Waals surface area (Å²) in [5, 5.41) is 0. The number of rotatable bonds is 4. The lowest BCUT2D eigenvalue weighted by atomic mass is 9.96. The van der Waals surface area contributed by atoms with E-state index in [1.807, 2.05) is 26.8 Å². The molecule has 0 radical (unpaired) electrons. The van der Waals surface area contributed by atoms with Crippen LogP contribution in [0.3, 0.4) is 0 Å². The first-order chi connectivity index (χ1) is 10.4. The van der Waals surface area contributed by atoms with Crippen molar-refractivity contribution in [3.8, 4) is 5.75 Å². The predicted octanol–water partition coefficient (Wildman–Crippen LogP) is 1.71. The lowest BCUT2D eigenvalue weighted by Crippen LogP contribution is -2.43. The summed E-state index contributed by atoms with van der Waals surface area (Å²) in [6.45, 7) is 7.21. The highest BCUT2D eigenvalue weighted by Gasteiger charge is 2.26. The Morgan fingerprint density at radius 2 is 1.86 bits per heavy atom. The quantitative estimate of drug-likeness (QED) is 0.920. The Bertz CT molecular complexity index is 576. The molecule has 0 aliphatic carbocycles. The van der Waals surface area contributed by atoms with Gasteiger partial charge in [-0.2, -0.15) is 0 Å². The van der Waals surface area contributed by atoms with Crippen LogP contribution in [-0.4, -0.2) is 36.4 Å². The Morgan fingerprint density at radius 1 is 1.23 bits per heavy atom. The summed E-state index contributed by atoms with van der Waals surface area (Å²) in [5.41, 5.74) is 8.64. The summed E-state index contributed by atoms with van der Waals surface area (Å²) >= 11 is 0. The third kappa shape index (κ3) is 3.78. The average Bonchev–Trinajstić information content (AvgIpc) is 2.49. The molecule has 0 bridgehead atoms. The van der Waals surface area contributed by atoms with Gasteiger partial charge in [-0.05, 0) is 56.4 Å². The third-order valence-electron chi connectivity index (χ3n) is 4.37. The smallest absolute Gasteiger partial charge is 0.260 e. The second kappa shape index (κ2) is 6.81. The zero-order valence-corrected chi connectivity index (χ0v) is 13.5. The van der Waals surface area contributed by atoms with E-state index in [4.69, 9.17) is 10.5 Å². The van der Waals surface area contributed by atoms with Crippen molar-refractivity contribution < 1.29 is 14.3 Å². The summed E-state index contributed by atoms with van der Waals surface area (Å²) in [6.07, 6.45) is 1.29. The maximum absolute atomic E-state index is 12.2. The molecule has 1 aliphatic rings. The number of nitrogens with zero attached hydrogens (tertiary/aromatic N) is 1. The van der Waals surface area contributed by atoms with Crippen molar-refractivity contribution in [1.29, 1.82) is 0 Å².